The maximum Gasteiger partial charge on any atom is 0.163 e. The summed E-state index contributed by atoms with van der Waals surface area (Å²) in [6.07, 6.45) is 9.31. The summed E-state index contributed by atoms with van der Waals surface area (Å²) in [6.45, 7) is 5.79. The first-order valence-electron chi connectivity index (χ1n) is 9.69. The number of Topliss-reactive ketones (excluding diaryl/α,β-unsaturated/α-hetero) is 1. The van der Waals surface area contributed by atoms with Crippen molar-refractivity contribution in [3.05, 3.63) is 35.4 Å². The zero-order chi connectivity index (χ0) is 17.2. The van der Waals surface area contributed by atoms with Gasteiger partial charge in [-0.25, -0.2) is 0 Å². The number of likely N-dealkylation sites (tertiary alicyclic amines) is 1. The van der Waals surface area contributed by atoms with E-state index in [1.807, 2.05) is 18.2 Å². The summed E-state index contributed by atoms with van der Waals surface area (Å²) in [4.78, 5) is 15.1. The minimum absolute atomic E-state index is 0.296. The SMILES string of the molecule is CCCCC1CCN(CCCC(=O)c2ccccc2CCS)CC1. The van der Waals surface area contributed by atoms with Gasteiger partial charge < -0.3 is 4.90 Å². The van der Waals surface area contributed by atoms with Gasteiger partial charge in [0.2, 0.25) is 0 Å². The van der Waals surface area contributed by atoms with Gasteiger partial charge >= 0.3 is 0 Å². The third-order valence-electron chi connectivity index (χ3n) is 5.25. The second-order valence-corrected chi connectivity index (χ2v) is 7.53. The third kappa shape index (κ3) is 6.25. The molecular weight excluding hydrogens is 314 g/mol. The van der Waals surface area contributed by atoms with Crippen molar-refractivity contribution < 1.29 is 4.79 Å². The minimum Gasteiger partial charge on any atom is -0.303 e. The van der Waals surface area contributed by atoms with Crippen LogP contribution < -0.4 is 0 Å². The number of piperidine rings is 1. The molecule has 1 heterocycles. The molecule has 2 nitrogen and oxygen atoms in total. The molecule has 0 radical (unpaired) electrons. The maximum atomic E-state index is 12.5. The summed E-state index contributed by atoms with van der Waals surface area (Å²) in [5.41, 5.74) is 2.05. The second-order valence-electron chi connectivity index (χ2n) is 7.08. The van der Waals surface area contributed by atoms with Crippen molar-refractivity contribution in [2.75, 3.05) is 25.4 Å². The predicted molar refractivity (Wildman–Crippen MR) is 106 cm³/mol. The van der Waals surface area contributed by atoms with Crippen molar-refractivity contribution in [3.8, 4) is 0 Å². The Morgan fingerprint density at radius 3 is 2.67 bits per heavy atom. The Labute approximate surface area is 153 Å². The van der Waals surface area contributed by atoms with Crippen LogP contribution in [0.2, 0.25) is 0 Å². The number of unbranched alkanes of at least 4 members (excludes halogenated alkanes) is 1. The number of hydrogen-bond acceptors (Lipinski definition) is 3. The molecule has 3 heteroatoms. The van der Waals surface area contributed by atoms with Gasteiger partial charge in [-0.1, -0.05) is 50.5 Å². The Morgan fingerprint density at radius 1 is 1.21 bits per heavy atom. The highest BCUT2D eigenvalue weighted by atomic mass is 32.1. The van der Waals surface area contributed by atoms with Crippen LogP contribution in [0.1, 0.15) is 67.8 Å². The number of benzene rings is 1. The molecule has 0 aromatic heterocycles. The number of carbonyl (C=O) groups is 1. The summed E-state index contributed by atoms with van der Waals surface area (Å²) < 4.78 is 0. The Bertz CT molecular complexity index is 494. The van der Waals surface area contributed by atoms with Crippen LogP contribution in [0.4, 0.5) is 0 Å². The highest BCUT2D eigenvalue weighted by molar-refractivity contribution is 7.80. The van der Waals surface area contributed by atoms with Gasteiger partial charge in [0.05, 0.1) is 0 Å². The van der Waals surface area contributed by atoms with E-state index in [0.717, 1.165) is 42.2 Å². The van der Waals surface area contributed by atoms with Crippen molar-refractivity contribution in [1.29, 1.82) is 0 Å². The van der Waals surface area contributed by atoms with Gasteiger partial charge in [0.15, 0.2) is 5.78 Å². The molecule has 1 aromatic rings. The average molecular weight is 348 g/mol. The van der Waals surface area contributed by atoms with E-state index in [1.165, 1.54) is 45.2 Å². The van der Waals surface area contributed by atoms with Gasteiger partial charge in [-0.15, -0.1) is 0 Å². The molecule has 0 spiro atoms. The molecule has 0 aliphatic carbocycles. The second kappa shape index (κ2) is 10.9. The molecule has 0 amide bonds. The van der Waals surface area contributed by atoms with E-state index in [9.17, 15) is 4.79 Å². The standard InChI is InChI=1S/C21H33NOS/c1-2-3-7-18-11-15-22(16-12-18)14-6-10-21(23)20-9-5-4-8-19(20)13-17-24/h4-5,8-9,18,24H,2-3,6-7,10-17H2,1H3. The number of aryl methyl sites for hydroxylation is 1. The predicted octanol–water partition coefficient (Wildman–Crippen LogP) is 5.02. The van der Waals surface area contributed by atoms with E-state index in [0.29, 0.717) is 12.2 Å². The number of nitrogens with zero attached hydrogens (tertiary/aromatic N) is 1. The van der Waals surface area contributed by atoms with Crippen LogP contribution in [-0.2, 0) is 6.42 Å². The van der Waals surface area contributed by atoms with E-state index in [-0.39, 0.29) is 0 Å². The topological polar surface area (TPSA) is 20.3 Å². The molecule has 1 aliphatic heterocycles. The lowest BCUT2D eigenvalue weighted by molar-refractivity contribution is 0.0969. The van der Waals surface area contributed by atoms with Gasteiger partial charge in [-0.05, 0) is 62.6 Å². The smallest absolute Gasteiger partial charge is 0.163 e. The fourth-order valence-electron chi connectivity index (χ4n) is 3.72. The minimum atomic E-state index is 0.296. The van der Waals surface area contributed by atoms with E-state index in [4.69, 9.17) is 0 Å². The van der Waals surface area contributed by atoms with Crippen molar-refractivity contribution >= 4 is 18.4 Å². The first-order valence-corrected chi connectivity index (χ1v) is 10.3. The number of ketones is 1. The Kier molecular flexibility index (Phi) is 8.90. The molecule has 24 heavy (non-hydrogen) atoms. The fourth-order valence-corrected chi connectivity index (χ4v) is 3.96. The zero-order valence-electron chi connectivity index (χ0n) is 15.2. The lowest BCUT2D eigenvalue weighted by atomic mass is 9.91. The van der Waals surface area contributed by atoms with E-state index in [1.54, 1.807) is 0 Å². The Balaban J connectivity index is 1.70. The molecule has 0 N–H and O–H groups in total. The lowest BCUT2D eigenvalue weighted by Gasteiger charge is -2.31. The summed E-state index contributed by atoms with van der Waals surface area (Å²) in [5.74, 6) is 2.03. The molecular formula is C21H33NOS. The van der Waals surface area contributed by atoms with Crippen LogP contribution in [0.3, 0.4) is 0 Å². The third-order valence-corrected chi connectivity index (χ3v) is 5.47. The molecule has 2 rings (SSSR count). The van der Waals surface area contributed by atoms with E-state index >= 15 is 0 Å². The number of thiol groups is 1. The average Bonchev–Trinajstić information content (AvgIpc) is 2.61. The highest BCUT2D eigenvalue weighted by Crippen LogP contribution is 2.23. The Morgan fingerprint density at radius 2 is 1.96 bits per heavy atom. The largest absolute Gasteiger partial charge is 0.303 e. The van der Waals surface area contributed by atoms with Crippen LogP contribution in [-0.4, -0.2) is 36.1 Å². The maximum absolute atomic E-state index is 12.5. The van der Waals surface area contributed by atoms with E-state index < -0.39 is 0 Å². The summed E-state index contributed by atoms with van der Waals surface area (Å²) in [6, 6.07) is 8.01. The molecule has 1 aromatic carbocycles. The van der Waals surface area contributed by atoms with Crippen LogP contribution in [0.25, 0.3) is 0 Å². The van der Waals surface area contributed by atoms with Crippen molar-refractivity contribution in [3.63, 3.8) is 0 Å². The van der Waals surface area contributed by atoms with E-state index in [2.05, 4.69) is 30.5 Å². The molecule has 1 fully saturated rings. The molecule has 0 atom stereocenters. The number of hydrogen-bond donors (Lipinski definition) is 1. The zero-order valence-corrected chi connectivity index (χ0v) is 16.1. The van der Waals surface area contributed by atoms with Crippen LogP contribution in [0, 0.1) is 5.92 Å². The first kappa shape index (κ1) is 19.5. The van der Waals surface area contributed by atoms with Crippen molar-refractivity contribution in [1.82, 2.24) is 4.90 Å². The Hall–Kier alpha value is -0.800. The summed E-state index contributed by atoms with van der Waals surface area (Å²) >= 11 is 4.30. The highest BCUT2D eigenvalue weighted by Gasteiger charge is 2.18. The molecule has 134 valence electrons. The number of rotatable bonds is 10. The molecule has 1 aliphatic rings. The molecule has 1 saturated heterocycles. The molecule has 0 unspecified atom stereocenters. The van der Waals surface area contributed by atoms with Gasteiger partial charge in [0.1, 0.15) is 0 Å². The quantitative estimate of drug-likeness (QED) is 0.473. The van der Waals surface area contributed by atoms with Gasteiger partial charge in [0.25, 0.3) is 0 Å². The van der Waals surface area contributed by atoms with Gasteiger partial charge in [0, 0.05) is 12.0 Å². The number of carbonyl (C=O) groups excluding carboxylic acids is 1. The lowest BCUT2D eigenvalue weighted by Crippen LogP contribution is -2.34. The van der Waals surface area contributed by atoms with Crippen LogP contribution in [0.5, 0.6) is 0 Å². The van der Waals surface area contributed by atoms with Crippen molar-refractivity contribution in [2.45, 2.75) is 58.3 Å². The fraction of sp³-hybridized carbons (Fsp3) is 0.667. The van der Waals surface area contributed by atoms with Crippen LogP contribution >= 0.6 is 12.6 Å². The molecule has 0 saturated carbocycles. The molecule has 0 bridgehead atoms. The van der Waals surface area contributed by atoms with Crippen molar-refractivity contribution in [2.24, 2.45) is 5.92 Å². The van der Waals surface area contributed by atoms with Gasteiger partial charge in [-0.3, -0.25) is 4.79 Å². The summed E-state index contributed by atoms with van der Waals surface area (Å²) in [7, 11) is 0. The normalized spacial score (nSPS) is 16.4. The van der Waals surface area contributed by atoms with Crippen LogP contribution in [0.15, 0.2) is 24.3 Å². The first-order chi connectivity index (χ1) is 11.7. The summed E-state index contributed by atoms with van der Waals surface area (Å²) in [5, 5.41) is 0. The van der Waals surface area contributed by atoms with Gasteiger partial charge in [-0.2, -0.15) is 12.6 Å². The monoisotopic (exact) mass is 347 g/mol.